The molecule has 1 heterocycles. The highest BCUT2D eigenvalue weighted by Crippen LogP contribution is 2.36. The summed E-state index contributed by atoms with van der Waals surface area (Å²) in [6.45, 7) is 1.63. The minimum Gasteiger partial charge on any atom is -0.508 e. The van der Waals surface area contributed by atoms with Crippen molar-refractivity contribution in [2.24, 2.45) is 0 Å². The highest BCUT2D eigenvalue weighted by Gasteiger charge is 2.34. The van der Waals surface area contributed by atoms with E-state index in [1.165, 1.54) is 50.4 Å². The van der Waals surface area contributed by atoms with Crippen molar-refractivity contribution < 1.29 is 34.1 Å². The zero-order valence-electron chi connectivity index (χ0n) is 20.3. The van der Waals surface area contributed by atoms with E-state index in [9.17, 15) is 24.6 Å². The Balaban J connectivity index is 1.92. The third kappa shape index (κ3) is 5.54. The van der Waals surface area contributed by atoms with Crippen LogP contribution in [-0.4, -0.2) is 39.6 Å². The van der Waals surface area contributed by atoms with Gasteiger partial charge in [0.25, 0.3) is 0 Å². The summed E-state index contributed by atoms with van der Waals surface area (Å²) in [5.74, 6) is -1.89. The molecule has 0 saturated heterocycles. The van der Waals surface area contributed by atoms with E-state index < -0.39 is 18.0 Å². The zero-order valence-corrected chi connectivity index (χ0v) is 20.3. The molecule has 1 unspecified atom stereocenters. The van der Waals surface area contributed by atoms with E-state index in [-0.39, 0.29) is 35.1 Å². The highest BCUT2D eigenvalue weighted by molar-refractivity contribution is 5.96. The fraction of sp³-hybridized carbons (Fsp3) is 0.138. The molecule has 0 spiro atoms. The number of ether oxygens (including phenoxy) is 2. The number of benzene rings is 3. The number of aromatic hydroxyl groups is 2. The van der Waals surface area contributed by atoms with Crippen molar-refractivity contribution in [3.63, 3.8) is 0 Å². The molecule has 0 saturated carbocycles. The Morgan fingerprint density at radius 3 is 2.03 bits per heavy atom. The van der Waals surface area contributed by atoms with Gasteiger partial charge in [-0.1, -0.05) is 42.5 Å². The van der Waals surface area contributed by atoms with Gasteiger partial charge in [0.05, 0.1) is 24.1 Å². The molecule has 0 aliphatic carbocycles. The van der Waals surface area contributed by atoms with Crippen LogP contribution in [0.1, 0.15) is 45.1 Å². The topological polar surface area (TPSA) is 115 Å². The number of hydrogen-bond acceptors (Lipinski definition) is 7. The molecule has 1 atom stereocenters. The van der Waals surface area contributed by atoms with Crippen LogP contribution in [0.25, 0.3) is 11.1 Å². The van der Waals surface area contributed by atoms with Crippen LogP contribution in [0.3, 0.4) is 0 Å². The number of aromatic nitrogens is 1. The predicted octanol–water partition coefficient (Wildman–Crippen LogP) is 4.89. The van der Waals surface area contributed by atoms with E-state index in [4.69, 9.17) is 9.47 Å². The van der Waals surface area contributed by atoms with Gasteiger partial charge in [-0.2, -0.15) is 0 Å². The first kappa shape index (κ1) is 25.2. The summed E-state index contributed by atoms with van der Waals surface area (Å²) in [6.07, 6.45) is -1.52. The maximum absolute atomic E-state index is 13.1. The molecule has 2 N–H and O–H groups in total. The van der Waals surface area contributed by atoms with E-state index in [0.29, 0.717) is 16.8 Å². The van der Waals surface area contributed by atoms with Gasteiger partial charge in [-0.15, -0.1) is 0 Å². The smallest absolute Gasteiger partial charge is 0.353 e. The second-order valence-electron chi connectivity index (χ2n) is 8.36. The Bertz CT molecular complexity index is 1420. The molecular formula is C29H25NO7. The van der Waals surface area contributed by atoms with Crippen LogP contribution in [0.2, 0.25) is 0 Å². The molecule has 8 nitrogen and oxygen atoms in total. The average molecular weight is 500 g/mol. The van der Waals surface area contributed by atoms with Gasteiger partial charge in [-0.05, 0) is 53.6 Å². The molecule has 4 aromatic rings. The lowest BCUT2D eigenvalue weighted by atomic mass is 10.0. The minimum atomic E-state index is -1.52. The second-order valence-corrected chi connectivity index (χ2v) is 8.36. The molecular weight excluding hydrogens is 474 g/mol. The Labute approximate surface area is 213 Å². The molecule has 0 aliphatic rings. The van der Waals surface area contributed by atoms with Gasteiger partial charge < -0.3 is 24.3 Å². The maximum Gasteiger partial charge on any atom is 0.353 e. The van der Waals surface area contributed by atoms with Crippen LogP contribution >= 0.6 is 0 Å². The van der Waals surface area contributed by atoms with E-state index >= 15 is 0 Å². The lowest BCUT2D eigenvalue weighted by molar-refractivity contribution is -0.151. The predicted molar refractivity (Wildman–Crippen MR) is 135 cm³/mol. The number of methoxy groups -OCH3 is 1. The molecule has 37 heavy (non-hydrogen) atoms. The summed E-state index contributed by atoms with van der Waals surface area (Å²) in [5.41, 5.74) is 2.58. The first-order valence-corrected chi connectivity index (χ1v) is 11.4. The molecule has 0 amide bonds. The zero-order chi connectivity index (χ0) is 26.5. The molecule has 0 fully saturated rings. The number of carbonyl (C=O) groups is 3. The number of phenols is 2. The monoisotopic (exact) mass is 499 g/mol. The van der Waals surface area contributed by atoms with Gasteiger partial charge in [-0.25, -0.2) is 9.59 Å². The van der Waals surface area contributed by atoms with Crippen molar-refractivity contribution in [2.45, 2.75) is 19.6 Å². The Kier molecular flexibility index (Phi) is 7.39. The van der Waals surface area contributed by atoms with Crippen LogP contribution in [0.4, 0.5) is 0 Å². The summed E-state index contributed by atoms with van der Waals surface area (Å²) >= 11 is 0. The van der Waals surface area contributed by atoms with Crippen LogP contribution in [0.5, 0.6) is 11.5 Å². The maximum atomic E-state index is 13.1. The second kappa shape index (κ2) is 10.8. The van der Waals surface area contributed by atoms with Gasteiger partial charge in [0.1, 0.15) is 11.5 Å². The van der Waals surface area contributed by atoms with Gasteiger partial charge in [0.15, 0.2) is 5.78 Å². The van der Waals surface area contributed by atoms with Crippen LogP contribution in [0, 0.1) is 0 Å². The number of hydrogen-bond donors (Lipinski definition) is 2. The molecule has 4 rings (SSSR count). The Morgan fingerprint density at radius 2 is 1.46 bits per heavy atom. The average Bonchev–Trinajstić information content (AvgIpc) is 3.27. The molecule has 0 bridgehead atoms. The van der Waals surface area contributed by atoms with E-state index in [0.717, 1.165) is 5.56 Å². The van der Waals surface area contributed by atoms with Crippen molar-refractivity contribution in [1.29, 1.82) is 0 Å². The molecule has 188 valence electrons. The minimum absolute atomic E-state index is 0.0291. The summed E-state index contributed by atoms with van der Waals surface area (Å²) in [7, 11) is 1.18. The summed E-state index contributed by atoms with van der Waals surface area (Å²) < 4.78 is 12.4. The lowest BCUT2D eigenvalue weighted by Gasteiger charge is -2.21. The van der Waals surface area contributed by atoms with Crippen LogP contribution in [0.15, 0.2) is 84.9 Å². The number of carbonyl (C=O) groups excluding carboxylic acids is 3. The molecule has 8 heteroatoms. The number of esters is 2. The van der Waals surface area contributed by atoms with E-state index in [1.807, 2.05) is 30.3 Å². The Hall–Kier alpha value is -4.85. The van der Waals surface area contributed by atoms with Crippen molar-refractivity contribution in [1.82, 2.24) is 4.57 Å². The van der Waals surface area contributed by atoms with Crippen LogP contribution in [-0.2, 0) is 20.8 Å². The van der Waals surface area contributed by atoms with Crippen molar-refractivity contribution in [3.8, 4) is 22.6 Å². The van der Waals surface area contributed by atoms with E-state index in [1.54, 1.807) is 22.8 Å². The van der Waals surface area contributed by atoms with E-state index in [2.05, 4.69) is 0 Å². The fourth-order valence-corrected chi connectivity index (χ4v) is 4.04. The lowest BCUT2D eigenvalue weighted by Crippen LogP contribution is -2.25. The number of rotatable bonds is 8. The first-order valence-electron chi connectivity index (χ1n) is 11.4. The largest absolute Gasteiger partial charge is 0.508 e. The van der Waals surface area contributed by atoms with Crippen molar-refractivity contribution >= 4 is 17.7 Å². The summed E-state index contributed by atoms with van der Waals surface area (Å²) in [6, 6.07) is 22.6. The SMILES string of the molecule is COC(=O)C(OC(=O)c1ccc(O)cc1)c1c(-c2ccc(O)cc2)cc(C(C)=O)n1Cc1ccccc1. The van der Waals surface area contributed by atoms with Crippen molar-refractivity contribution in [3.05, 3.63) is 107 Å². The fourth-order valence-electron chi connectivity index (χ4n) is 4.04. The third-order valence-corrected chi connectivity index (χ3v) is 5.85. The first-order chi connectivity index (χ1) is 17.8. The molecule has 0 aliphatic heterocycles. The normalized spacial score (nSPS) is 11.5. The van der Waals surface area contributed by atoms with Gasteiger partial charge >= 0.3 is 11.9 Å². The quantitative estimate of drug-likeness (QED) is 0.262. The number of Topliss-reactive ketones (excluding diaryl/α,β-unsaturated/α-hetero) is 1. The third-order valence-electron chi connectivity index (χ3n) is 5.85. The van der Waals surface area contributed by atoms with Crippen LogP contribution < -0.4 is 0 Å². The molecule has 1 aromatic heterocycles. The summed E-state index contributed by atoms with van der Waals surface area (Å²) in [4.78, 5) is 38.9. The highest BCUT2D eigenvalue weighted by atomic mass is 16.6. The van der Waals surface area contributed by atoms with Crippen molar-refractivity contribution in [2.75, 3.05) is 7.11 Å². The summed E-state index contributed by atoms with van der Waals surface area (Å²) in [5, 5.41) is 19.4. The molecule has 0 radical (unpaired) electrons. The van der Waals surface area contributed by atoms with Gasteiger partial charge in [0, 0.05) is 19.0 Å². The number of phenolic OH excluding ortho intramolecular Hbond substituents is 2. The van der Waals surface area contributed by atoms with Gasteiger partial charge in [-0.3, -0.25) is 4.79 Å². The number of nitrogens with zero attached hydrogens (tertiary/aromatic N) is 1. The number of ketones is 1. The van der Waals surface area contributed by atoms with Gasteiger partial charge in [0.2, 0.25) is 6.10 Å². The molecule has 3 aromatic carbocycles. The standard InChI is InChI=1S/C29H25NO7/c1-18(31)25-16-24(20-8-12-22(32)13-9-20)26(30(25)17-19-6-4-3-5-7-19)27(29(35)36-2)37-28(34)21-10-14-23(33)15-11-21/h3-16,27,32-33H,17H2,1-2H3. The Morgan fingerprint density at radius 1 is 0.865 bits per heavy atom.